The first-order chi connectivity index (χ1) is 6.85. The van der Waals surface area contributed by atoms with E-state index in [1.54, 1.807) is 7.11 Å². The number of rotatable bonds is 3. The van der Waals surface area contributed by atoms with Crippen molar-refractivity contribution in [2.45, 2.75) is 0 Å². The molecule has 0 amide bonds. The van der Waals surface area contributed by atoms with Crippen molar-refractivity contribution in [1.29, 1.82) is 5.41 Å². The molecule has 0 saturated heterocycles. The molecule has 0 unspecified atom stereocenters. The molecular weight excluding hydrogens is 178 g/mol. The second-order valence-electron chi connectivity index (χ2n) is 2.89. The molecule has 0 bridgehead atoms. The lowest BCUT2D eigenvalue weighted by atomic mass is 10.3. The number of methoxy groups -OCH3 is 1. The lowest BCUT2D eigenvalue weighted by molar-refractivity contribution is 0.415. The van der Waals surface area contributed by atoms with Gasteiger partial charge in [-0.3, -0.25) is 0 Å². The Labute approximate surface area is 81.4 Å². The molecule has 72 valence electrons. The van der Waals surface area contributed by atoms with Crippen LogP contribution in [0.1, 0.15) is 5.69 Å². The number of aromatic nitrogens is 2. The van der Waals surface area contributed by atoms with E-state index in [4.69, 9.17) is 10.1 Å². The zero-order valence-corrected chi connectivity index (χ0v) is 7.79. The molecule has 0 fully saturated rings. The summed E-state index contributed by atoms with van der Waals surface area (Å²) in [7, 11) is 1.59. The Balaban J connectivity index is 2.46. The summed E-state index contributed by atoms with van der Waals surface area (Å²) in [5.74, 6) is 0.685. The summed E-state index contributed by atoms with van der Waals surface area (Å²) in [6, 6.07) is 5.75. The van der Waals surface area contributed by atoms with E-state index in [1.165, 1.54) is 6.21 Å². The predicted octanol–water partition coefficient (Wildman–Crippen LogP) is 2.02. The molecule has 0 atom stereocenters. The Bertz CT molecular complexity index is 428. The zero-order chi connectivity index (χ0) is 9.97. The molecule has 2 aromatic heterocycles. The van der Waals surface area contributed by atoms with Crippen LogP contribution in [-0.4, -0.2) is 23.3 Å². The third-order valence-corrected chi connectivity index (χ3v) is 2.06. The van der Waals surface area contributed by atoms with Gasteiger partial charge in [-0.2, -0.15) is 0 Å². The Hall–Kier alpha value is -1.97. The van der Waals surface area contributed by atoms with Gasteiger partial charge in [0.15, 0.2) is 0 Å². The molecule has 0 aromatic carbocycles. The van der Waals surface area contributed by atoms with Gasteiger partial charge in [-0.05, 0) is 12.1 Å². The molecule has 0 aliphatic rings. The minimum atomic E-state index is 0.678. The van der Waals surface area contributed by atoms with Crippen LogP contribution in [0.15, 0.2) is 24.4 Å². The van der Waals surface area contributed by atoms with Crippen LogP contribution in [0.25, 0.3) is 11.4 Å². The monoisotopic (exact) mass is 189 g/mol. The number of hydrogen-bond donors (Lipinski definition) is 3. The van der Waals surface area contributed by atoms with Gasteiger partial charge in [0, 0.05) is 18.5 Å². The van der Waals surface area contributed by atoms with Crippen LogP contribution in [0.4, 0.5) is 0 Å². The molecule has 3 N–H and O–H groups in total. The van der Waals surface area contributed by atoms with E-state index in [9.17, 15) is 0 Å². The quantitative estimate of drug-likeness (QED) is 0.635. The SMILES string of the molecule is COc1cc(-c2ccc[nH]2)[nH]c1C=N. The minimum absolute atomic E-state index is 0.678. The van der Waals surface area contributed by atoms with Crippen LogP contribution in [0.3, 0.4) is 0 Å². The van der Waals surface area contributed by atoms with Gasteiger partial charge in [0.1, 0.15) is 5.75 Å². The lowest BCUT2D eigenvalue weighted by Gasteiger charge is -1.93. The molecule has 0 saturated carbocycles. The van der Waals surface area contributed by atoms with Crippen LogP contribution in [0.5, 0.6) is 5.75 Å². The van der Waals surface area contributed by atoms with Crippen molar-refractivity contribution in [3.63, 3.8) is 0 Å². The van der Waals surface area contributed by atoms with Crippen LogP contribution in [-0.2, 0) is 0 Å². The summed E-state index contributed by atoms with van der Waals surface area (Å²) in [6.07, 6.45) is 3.10. The van der Waals surface area contributed by atoms with Crippen molar-refractivity contribution in [2.75, 3.05) is 7.11 Å². The van der Waals surface area contributed by atoms with Gasteiger partial charge in [-0.15, -0.1) is 0 Å². The van der Waals surface area contributed by atoms with Crippen LogP contribution < -0.4 is 4.74 Å². The fourth-order valence-corrected chi connectivity index (χ4v) is 1.37. The highest BCUT2D eigenvalue weighted by atomic mass is 16.5. The molecule has 2 rings (SSSR count). The Kier molecular flexibility index (Phi) is 2.10. The maximum absolute atomic E-state index is 7.18. The molecule has 4 heteroatoms. The molecule has 0 radical (unpaired) electrons. The van der Waals surface area contributed by atoms with Gasteiger partial charge < -0.3 is 20.1 Å². The molecular formula is C10H11N3O. The standard InChI is InChI=1S/C10H11N3O/c1-14-10-5-8(13-9(10)6-11)7-3-2-4-12-7/h2-6,11-13H,1H3. The van der Waals surface area contributed by atoms with Crippen molar-refractivity contribution in [2.24, 2.45) is 0 Å². The maximum Gasteiger partial charge on any atom is 0.146 e. The van der Waals surface area contributed by atoms with E-state index >= 15 is 0 Å². The summed E-state index contributed by atoms with van der Waals surface area (Å²) in [5.41, 5.74) is 2.58. The van der Waals surface area contributed by atoms with Crippen molar-refractivity contribution in [3.8, 4) is 17.1 Å². The number of nitrogens with one attached hydrogen (secondary N) is 3. The molecule has 14 heavy (non-hydrogen) atoms. The summed E-state index contributed by atoms with van der Waals surface area (Å²) in [5, 5.41) is 7.18. The maximum atomic E-state index is 7.18. The summed E-state index contributed by atoms with van der Waals surface area (Å²) in [6.45, 7) is 0. The normalized spacial score (nSPS) is 10.1. The third-order valence-electron chi connectivity index (χ3n) is 2.06. The molecule has 0 aliphatic carbocycles. The summed E-state index contributed by atoms with van der Waals surface area (Å²) < 4.78 is 5.12. The number of aromatic amines is 2. The first kappa shape index (κ1) is 8.62. The van der Waals surface area contributed by atoms with Gasteiger partial charge in [-0.1, -0.05) is 0 Å². The molecule has 0 spiro atoms. The molecule has 2 heterocycles. The van der Waals surface area contributed by atoms with Crippen LogP contribution in [0, 0.1) is 5.41 Å². The average Bonchev–Trinajstić information content (AvgIpc) is 2.85. The lowest BCUT2D eigenvalue weighted by Crippen LogP contribution is -1.86. The Morgan fingerprint density at radius 1 is 1.43 bits per heavy atom. The van der Waals surface area contributed by atoms with E-state index in [2.05, 4.69) is 9.97 Å². The first-order valence-electron chi connectivity index (χ1n) is 4.26. The van der Waals surface area contributed by atoms with Gasteiger partial charge >= 0.3 is 0 Å². The minimum Gasteiger partial charge on any atom is -0.494 e. The number of hydrogen-bond acceptors (Lipinski definition) is 2. The fourth-order valence-electron chi connectivity index (χ4n) is 1.37. The van der Waals surface area contributed by atoms with Gasteiger partial charge in [-0.25, -0.2) is 0 Å². The first-order valence-corrected chi connectivity index (χ1v) is 4.26. The molecule has 2 aromatic rings. The number of ether oxygens (including phenoxy) is 1. The average molecular weight is 189 g/mol. The molecule has 4 nitrogen and oxygen atoms in total. The second-order valence-corrected chi connectivity index (χ2v) is 2.89. The fraction of sp³-hybridized carbons (Fsp3) is 0.100. The third kappa shape index (κ3) is 1.31. The summed E-state index contributed by atoms with van der Waals surface area (Å²) in [4.78, 5) is 6.17. The van der Waals surface area contributed by atoms with Gasteiger partial charge in [0.25, 0.3) is 0 Å². The van der Waals surface area contributed by atoms with Crippen LogP contribution >= 0.6 is 0 Å². The molecule has 0 aliphatic heterocycles. The number of H-pyrrole nitrogens is 2. The van der Waals surface area contributed by atoms with Gasteiger partial charge in [0.05, 0.1) is 24.2 Å². The Morgan fingerprint density at radius 2 is 2.29 bits per heavy atom. The van der Waals surface area contributed by atoms with E-state index < -0.39 is 0 Å². The van der Waals surface area contributed by atoms with Crippen LogP contribution in [0.2, 0.25) is 0 Å². The van der Waals surface area contributed by atoms with Gasteiger partial charge in [0.2, 0.25) is 0 Å². The summed E-state index contributed by atoms with van der Waals surface area (Å²) >= 11 is 0. The topological polar surface area (TPSA) is 64.7 Å². The smallest absolute Gasteiger partial charge is 0.146 e. The predicted molar refractivity (Wildman–Crippen MR) is 55.0 cm³/mol. The Morgan fingerprint density at radius 3 is 2.79 bits per heavy atom. The van der Waals surface area contributed by atoms with E-state index in [-0.39, 0.29) is 0 Å². The zero-order valence-electron chi connectivity index (χ0n) is 7.79. The van der Waals surface area contributed by atoms with Crippen molar-refractivity contribution >= 4 is 6.21 Å². The second kappa shape index (κ2) is 3.41. The highest BCUT2D eigenvalue weighted by Gasteiger charge is 2.07. The van der Waals surface area contributed by atoms with E-state index in [1.807, 2.05) is 24.4 Å². The van der Waals surface area contributed by atoms with E-state index in [0.29, 0.717) is 11.4 Å². The van der Waals surface area contributed by atoms with Crippen molar-refractivity contribution in [3.05, 3.63) is 30.1 Å². The van der Waals surface area contributed by atoms with Crippen molar-refractivity contribution in [1.82, 2.24) is 9.97 Å². The largest absolute Gasteiger partial charge is 0.494 e. The highest BCUT2D eigenvalue weighted by Crippen LogP contribution is 2.24. The van der Waals surface area contributed by atoms with Crippen molar-refractivity contribution < 1.29 is 4.74 Å². The van der Waals surface area contributed by atoms with E-state index in [0.717, 1.165) is 11.4 Å². The highest BCUT2D eigenvalue weighted by molar-refractivity contribution is 5.81.